The third-order valence-electron chi connectivity index (χ3n) is 6.18. The molecule has 0 unspecified atom stereocenters. The molecule has 3 aliphatic heterocycles. The van der Waals surface area contributed by atoms with E-state index < -0.39 is 0 Å². The lowest BCUT2D eigenvalue weighted by Crippen LogP contribution is -2.45. The Morgan fingerprint density at radius 1 is 0.931 bits per heavy atom. The summed E-state index contributed by atoms with van der Waals surface area (Å²) in [5, 5.41) is 3.18. The first-order valence-electron chi connectivity index (χ1n) is 10.2. The highest BCUT2D eigenvalue weighted by Crippen LogP contribution is 2.40. The van der Waals surface area contributed by atoms with E-state index in [1.54, 1.807) is 0 Å². The Kier molecular flexibility index (Phi) is 4.79. The predicted octanol–water partition coefficient (Wildman–Crippen LogP) is 2.76. The lowest BCUT2D eigenvalue weighted by atomic mass is 9.74. The largest absolute Gasteiger partial charge is 0.493 e. The van der Waals surface area contributed by atoms with Gasteiger partial charge in [0.2, 0.25) is 12.7 Å². The maximum atomic E-state index is 12.7. The van der Waals surface area contributed by atoms with Crippen molar-refractivity contribution in [2.75, 3.05) is 33.2 Å². The van der Waals surface area contributed by atoms with Crippen LogP contribution in [0.1, 0.15) is 29.5 Å². The van der Waals surface area contributed by atoms with Gasteiger partial charge in [-0.1, -0.05) is 18.2 Å². The molecular formula is C23H25NO5. The zero-order valence-corrected chi connectivity index (χ0v) is 16.4. The molecule has 152 valence electrons. The van der Waals surface area contributed by atoms with Gasteiger partial charge in [-0.3, -0.25) is 4.79 Å². The topological polar surface area (TPSA) is 66.0 Å². The third-order valence-corrected chi connectivity index (χ3v) is 6.18. The fraction of sp³-hybridized carbons (Fsp3) is 0.435. The molecule has 0 saturated carbocycles. The van der Waals surface area contributed by atoms with Crippen LogP contribution in [0, 0.1) is 0 Å². The van der Waals surface area contributed by atoms with Gasteiger partial charge in [0, 0.05) is 31.6 Å². The van der Waals surface area contributed by atoms with Crippen LogP contribution in [0.4, 0.5) is 0 Å². The molecule has 5 rings (SSSR count). The lowest BCUT2D eigenvalue weighted by molar-refractivity contribution is -0.120. The number of nitrogens with one attached hydrogen (secondary N) is 1. The highest BCUT2D eigenvalue weighted by Gasteiger charge is 2.36. The van der Waals surface area contributed by atoms with E-state index in [0.29, 0.717) is 26.2 Å². The number of rotatable bonds is 5. The first-order chi connectivity index (χ1) is 14.2. The quantitative estimate of drug-likeness (QED) is 0.843. The molecule has 0 atom stereocenters. The number of hydrogen-bond donors (Lipinski definition) is 1. The van der Waals surface area contributed by atoms with Gasteiger partial charge in [0.25, 0.3) is 0 Å². The molecule has 1 amide bonds. The van der Waals surface area contributed by atoms with Crippen LogP contribution < -0.4 is 19.5 Å². The summed E-state index contributed by atoms with van der Waals surface area (Å²) < 4.78 is 22.2. The number of ether oxygens (including phenoxy) is 4. The highest BCUT2D eigenvalue weighted by atomic mass is 16.7. The zero-order valence-electron chi connectivity index (χ0n) is 16.4. The van der Waals surface area contributed by atoms with Crippen molar-refractivity contribution >= 4 is 5.91 Å². The zero-order chi connectivity index (χ0) is 19.7. The first-order valence-corrected chi connectivity index (χ1v) is 10.2. The van der Waals surface area contributed by atoms with Gasteiger partial charge in [-0.15, -0.1) is 0 Å². The van der Waals surface area contributed by atoms with Gasteiger partial charge in [0.15, 0.2) is 11.5 Å². The SMILES string of the molecule is O=C(Cc1ccc2c(c1)CCO2)NCC1(c2ccc3c(c2)OCO3)CCOCC1. The van der Waals surface area contributed by atoms with E-state index in [-0.39, 0.29) is 18.1 Å². The van der Waals surface area contributed by atoms with Crippen LogP contribution >= 0.6 is 0 Å². The maximum absolute atomic E-state index is 12.7. The van der Waals surface area contributed by atoms with Crippen LogP contribution in [0.5, 0.6) is 17.2 Å². The molecule has 0 spiro atoms. The van der Waals surface area contributed by atoms with Gasteiger partial charge in [0.05, 0.1) is 13.0 Å². The van der Waals surface area contributed by atoms with Crippen molar-refractivity contribution in [3.8, 4) is 17.2 Å². The number of benzene rings is 2. The van der Waals surface area contributed by atoms with Crippen LogP contribution in [0.15, 0.2) is 36.4 Å². The molecule has 29 heavy (non-hydrogen) atoms. The standard InChI is InChI=1S/C23H25NO5/c25-22(12-16-1-3-19-17(11-16)5-8-27-19)24-14-23(6-9-26-10-7-23)18-2-4-20-21(13-18)29-15-28-20/h1-4,11,13H,5-10,12,14-15H2,(H,24,25). The molecular weight excluding hydrogens is 370 g/mol. The van der Waals surface area contributed by atoms with E-state index in [4.69, 9.17) is 18.9 Å². The summed E-state index contributed by atoms with van der Waals surface area (Å²) in [5.41, 5.74) is 3.23. The molecule has 0 bridgehead atoms. The van der Waals surface area contributed by atoms with E-state index in [0.717, 1.165) is 48.7 Å². The Morgan fingerprint density at radius 2 is 1.76 bits per heavy atom. The van der Waals surface area contributed by atoms with Crippen molar-refractivity contribution in [2.45, 2.75) is 31.1 Å². The molecule has 1 saturated heterocycles. The van der Waals surface area contributed by atoms with Crippen molar-refractivity contribution in [2.24, 2.45) is 0 Å². The Hall–Kier alpha value is -2.73. The summed E-state index contributed by atoms with van der Waals surface area (Å²) in [6.45, 7) is 2.95. The van der Waals surface area contributed by atoms with Crippen molar-refractivity contribution in [3.63, 3.8) is 0 Å². The second-order valence-corrected chi connectivity index (χ2v) is 7.95. The first kappa shape index (κ1) is 18.3. The van der Waals surface area contributed by atoms with Crippen molar-refractivity contribution < 1.29 is 23.7 Å². The molecule has 6 heteroatoms. The van der Waals surface area contributed by atoms with Gasteiger partial charge in [0.1, 0.15) is 5.75 Å². The van der Waals surface area contributed by atoms with Crippen molar-refractivity contribution in [3.05, 3.63) is 53.1 Å². The van der Waals surface area contributed by atoms with E-state index in [2.05, 4.69) is 23.5 Å². The van der Waals surface area contributed by atoms with E-state index in [1.165, 1.54) is 11.1 Å². The molecule has 2 aromatic carbocycles. The summed E-state index contributed by atoms with van der Waals surface area (Å²) in [6.07, 6.45) is 3.02. The van der Waals surface area contributed by atoms with Gasteiger partial charge < -0.3 is 24.3 Å². The molecule has 3 aliphatic rings. The summed E-state index contributed by atoms with van der Waals surface area (Å²) >= 11 is 0. The molecule has 1 N–H and O–H groups in total. The monoisotopic (exact) mass is 395 g/mol. The second-order valence-electron chi connectivity index (χ2n) is 7.95. The number of amides is 1. The second kappa shape index (κ2) is 7.59. The Morgan fingerprint density at radius 3 is 2.66 bits per heavy atom. The minimum Gasteiger partial charge on any atom is -0.493 e. The van der Waals surface area contributed by atoms with Crippen LogP contribution in [-0.4, -0.2) is 39.1 Å². The number of fused-ring (bicyclic) bond motifs is 2. The van der Waals surface area contributed by atoms with E-state index >= 15 is 0 Å². The Bertz CT molecular complexity index is 919. The highest BCUT2D eigenvalue weighted by molar-refractivity contribution is 5.78. The molecule has 1 fully saturated rings. The van der Waals surface area contributed by atoms with Gasteiger partial charge >= 0.3 is 0 Å². The average Bonchev–Trinajstić information content (AvgIpc) is 3.41. The normalized spacial score (nSPS) is 18.8. The lowest BCUT2D eigenvalue weighted by Gasteiger charge is -2.38. The minimum absolute atomic E-state index is 0.0375. The molecule has 0 aromatic heterocycles. The average molecular weight is 395 g/mol. The van der Waals surface area contributed by atoms with E-state index in [1.807, 2.05) is 18.2 Å². The van der Waals surface area contributed by atoms with E-state index in [9.17, 15) is 4.79 Å². The van der Waals surface area contributed by atoms with Crippen LogP contribution in [0.2, 0.25) is 0 Å². The minimum atomic E-state index is -0.152. The molecule has 0 radical (unpaired) electrons. The maximum Gasteiger partial charge on any atom is 0.231 e. The van der Waals surface area contributed by atoms with Gasteiger partial charge in [-0.2, -0.15) is 0 Å². The van der Waals surface area contributed by atoms with Gasteiger partial charge in [-0.05, 0) is 47.7 Å². The fourth-order valence-electron chi connectivity index (χ4n) is 4.42. The summed E-state index contributed by atoms with van der Waals surface area (Å²) in [5.74, 6) is 2.54. The van der Waals surface area contributed by atoms with Crippen molar-refractivity contribution in [1.82, 2.24) is 5.32 Å². The number of carbonyl (C=O) groups is 1. The summed E-state index contributed by atoms with van der Waals surface area (Å²) in [6, 6.07) is 12.1. The Balaban J connectivity index is 1.29. The molecule has 2 aromatic rings. The van der Waals surface area contributed by atoms with Crippen LogP contribution in [0.25, 0.3) is 0 Å². The molecule has 6 nitrogen and oxygen atoms in total. The summed E-state index contributed by atoms with van der Waals surface area (Å²) in [7, 11) is 0. The van der Waals surface area contributed by atoms with Gasteiger partial charge in [-0.25, -0.2) is 0 Å². The Labute approximate surface area is 170 Å². The molecule has 3 heterocycles. The number of carbonyl (C=O) groups excluding carboxylic acids is 1. The van der Waals surface area contributed by atoms with Crippen molar-refractivity contribution in [1.29, 1.82) is 0 Å². The fourth-order valence-corrected chi connectivity index (χ4v) is 4.42. The smallest absolute Gasteiger partial charge is 0.231 e. The molecule has 0 aliphatic carbocycles. The predicted molar refractivity (Wildman–Crippen MR) is 107 cm³/mol. The van der Waals surface area contributed by atoms with Crippen LogP contribution in [0.3, 0.4) is 0 Å². The number of hydrogen-bond acceptors (Lipinski definition) is 5. The van der Waals surface area contributed by atoms with Crippen LogP contribution in [-0.2, 0) is 27.8 Å². The third kappa shape index (κ3) is 3.65. The summed E-state index contributed by atoms with van der Waals surface area (Å²) in [4.78, 5) is 12.7.